The highest BCUT2D eigenvalue weighted by Crippen LogP contribution is 2.23. The summed E-state index contributed by atoms with van der Waals surface area (Å²) in [4.78, 5) is 17.2. The first-order valence-electron chi connectivity index (χ1n) is 8.25. The molecule has 134 valence electrons. The van der Waals surface area contributed by atoms with Crippen LogP contribution in [0.5, 0.6) is 0 Å². The molecule has 0 spiro atoms. The number of anilines is 1. The van der Waals surface area contributed by atoms with Gasteiger partial charge in [0.15, 0.2) is 5.13 Å². The fourth-order valence-corrected chi connectivity index (χ4v) is 3.66. The Hall–Kier alpha value is -1.90. The van der Waals surface area contributed by atoms with Crippen molar-refractivity contribution in [2.24, 2.45) is 0 Å². The summed E-state index contributed by atoms with van der Waals surface area (Å²) in [5.74, 6) is -1.32. The number of nitrogens with zero attached hydrogens (tertiary/aromatic N) is 1. The number of nitrogens with one attached hydrogen (secondary N) is 3. The van der Waals surface area contributed by atoms with Crippen LogP contribution >= 0.6 is 11.3 Å². The number of thiazole rings is 1. The highest BCUT2D eigenvalue weighted by atomic mass is 32.1. The average Bonchev–Trinajstić information content (AvgIpc) is 3.20. The monoisotopic (exact) mass is 366 g/mol. The van der Waals surface area contributed by atoms with E-state index in [4.69, 9.17) is 0 Å². The summed E-state index contributed by atoms with van der Waals surface area (Å²) in [7, 11) is 0. The summed E-state index contributed by atoms with van der Waals surface area (Å²) in [6.45, 7) is 2.11. The van der Waals surface area contributed by atoms with Gasteiger partial charge in [0.2, 0.25) is 5.91 Å². The molecule has 2 aromatic rings. The Balaban J connectivity index is 1.57. The highest BCUT2D eigenvalue weighted by Gasteiger charge is 2.29. The number of aromatic nitrogens is 1. The summed E-state index contributed by atoms with van der Waals surface area (Å²) < 4.78 is 26.7. The van der Waals surface area contributed by atoms with Gasteiger partial charge >= 0.3 is 0 Å². The molecule has 1 saturated heterocycles. The highest BCUT2D eigenvalue weighted by molar-refractivity contribution is 7.15. The molecule has 8 heteroatoms. The topological polar surface area (TPSA) is 66.0 Å². The fraction of sp³-hybridized carbons (Fsp3) is 0.412. The lowest BCUT2D eigenvalue weighted by atomic mass is 10.1. The molecule has 5 nitrogen and oxygen atoms in total. The first-order chi connectivity index (χ1) is 12.0. The number of amides is 1. The molecule has 0 bridgehead atoms. The van der Waals surface area contributed by atoms with E-state index < -0.39 is 11.6 Å². The van der Waals surface area contributed by atoms with Crippen LogP contribution < -0.4 is 16.2 Å². The summed E-state index contributed by atoms with van der Waals surface area (Å²) in [6.07, 6.45) is 4.72. The molecule has 0 radical (unpaired) electrons. The molecule has 0 saturated carbocycles. The molecule has 1 amide bonds. The number of carbonyl (C=O) groups is 1. The van der Waals surface area contributed by atoms with Gasteiger partial charge in [0.25, 0.3) is 0 Å². The van der Waals surface area contributed by atoms with Crippen LogP contribution in [0.25, 0.3) is 0 Å². The first kappa shape index (κ1) is 17.9. The Kier molecular flexibility index (Phi) is 5.72. The molecule has 2 atom stereocenters. The van der Waals surface area contributed by atoms with Crippen molar-refractivity contribution in [1.82, 2.24) is 15.8 Å². The van der Waals surface area contributed by atoms with Gasteiger partial charge in [-0.3, -0.25) is 10.2 Å². The molecule has 3 rings (SSSR count). The Morgan fingerprint density at radius 2 is 2.24 bits per heavy atom. The summed E-state index contributed by atoms with van der Waals surface area (Å²) >= 11 is 1.29. The van der Waals surface area contributed by atoms with Crippen molar-refractivity contribution in [3.05, 3.63) is 46.5 Å². The lowest BCUT2D eigenvalue weighted by Crippen LogP contribution is -2.40. The van der Waals surface area contributed by atoms with Gasteiger partial charge in [0.1, 0.15) is 17.7 Å². The Morgan fingerprint density at radius 3 is 3.00 bits per heavy atom. The predicted molar refractivity (Wildman–Crippen MR) is 93.3 cm³/mol. The van der Waals surface area contributed by atoms with Crippen molar-refractivity contribution in [1.29, 1.82) is 0 Å². The zero-order valence-corrected chi connectivity index (χ0v) is 14.6. The van der Waals surface area contributed by atoms with E-state index in [1.807, 2.05) is 0 Å². The number of hydrogen-bond donors (Lipinski definition) is 3. The van der Waals surface area contributed by atoms with Crippen molar-refractivity contribution in [3.63, 3.8) is 0 Å². The molecular weight excluding hydrogens is 346 g/mol. The SMILES string of the molecule is CCCC1CC(C(=O)Nc2ncc(Cc3ccc(F)cc3F)s2)NN1. The van der Waals surface area contributed by atoms with Crippen LogP contribution in [0.3, 0.4) is 0 Å². The van der Waals surface area contributed by atoms with Gasteiger partial charge in [-0.1, -0.05) is 19.4 Å². The van der Waals surface area contributed by atoms with Crippen molar-refractivity contribution in [2.75, 3.05) is 5.32 Å². The third kappa shape index (κ3) is 4.59. The lowest BCUT2D eigenvalue weighted by molar-refractivity contribution is -0.117. The third-order valence-corrected chi connectivity index (χ3v) is 5.01. The van der Waals surface area contributed by atoms with E-state index in [0.717, 1.165) is 30.2 Å². The maximum Gasteiger partial charge on any atom is 0.244 e. The van der Waals surface area contributed by atoms with Gasteiger partial charge in [-0.2, -0.15) is 0 Å². The van der Waals surface area contributed by atoms with Crippen LogP contribution in [0, 0.1) is 11.6 Å². The number of hydrogen-bond acceptors (Lipinski definition) is 5. The minimum absolute atomic E-state index is 0.139. The summed E-state index contributed by atoms with van der Waals surface area (Å²) in [5, 5.41) is 3.26. The quantitative estimate of drug-likeness (QED) is 0.735. The van der Waals surface area contributed by atoms with Crippen LogP contribution in [-0.4, -0.2) is 23.0 Å². The van der Waals surface area contributed by atoms with Gasteiger partial charge in [0, 0.05) is 29.6 Å². The van der Waals surface area contributed by atoms with Crippen LogP contribution in [0.15, 0.2) is 24.4 Å². The normalized spacial score (nSPS) is 20.0. The molecular formula is C17H20F2N4OS. The molecule has 1 fully saturated rings. The van der Waals surface area contributed by atoms with Crippen molar-refractivity contribution in [2.45, 2.75) is 44.7 Å². The molecule has 1 aliphatic heterocycles. The van der Waals surface area contributed by atoms with E-state index in [1.54, 1.807) is 6.20 Å². The standard InChI is InChI=1S/C17H20F2N4OS/c1-2-3-12-8-15(23-22-12)16(24)21-17-20-9-13(25-17)6-10-4-5-11(18)7-14(10)19/h4-5,7,9,12,15,22-23H,2-3,6,8H2,1H3,(H,20,21,24). The zero-order chi connectivity index (χ0) is 17.8. The first-order valence-corrected chi connectivity index (χ1v) is 9.07. The zero-order valence-electron chi connectivity index (χ0n) is 13.8. The molecule has 3 N–H and O–H groups in total. The van der Waals surface area contributed by atoms with Gasteiger partial charge in [0.05, 0.1) is 0 Å². The molecule has 1 aromatic heterocycles. The minimum atomic E-state index is -0.599. The van der Waals surface area contributed by atoms with E-state index in [9.17, 15) is 13.6 Å². The summed E-state index contributed by atoms with van der Waals surface area (Å²) in [6, 6.07) is 3.52. The average molecular weight is 366 g/mol. The predicted octanol–water partition coefficient (Wildman–Crippen LogP) is 2.99. The van der Waals surface area contributed by atoms with Crippen LogP contribution in [0.4, 0.5) is 13.9 Å². The number of benzene rings is 1. The largest absolute Gasteiger partial charge is 0.301 e. The number of hydrazine groups is 1. The van der Waals surface area contributed by atoms with Gasteiger partial charge < -0.3 is 5.32 Å². The third-order valence-electron chi connectivity index (χ3n) is 4.10. The van der Waals surface area contributed by atoms with Gasteiger partial charge in [-0.05, 0) is 24.5 Å². The van der Waals surface area contributed by atoms with Gasteiger partial charge in [-0.15, -0.1) is 11.3 Å². The van der Waals surface area contributed by atoms with Crippen LogP contribution in [0.1, 0.15) is 36.6 Å². The second-order valence-corrected chi connectivity index (χ2v) is 7.21. The minimum Gasteiger partial charge on any atom is -0.301 e. The summed E-state index contributed by atoms with van der Waals surface area (Å²) in [5.41, 5.74) is 6.52. The van der Waals surface area contributed by atoms with E-state index in [1.165, 1.54) is 23.5 Å². The number of rotatable bonds is 6. The molecule has 1 aliphatic rings. The molecule has 0 aliphatic carbocycles. The van der Waals surface area contributed by atoms with Crippen molar-refractivity contribution in [3.8, 4) is 0 Å². The molecule has 25 heavy (non-hydrogen) atoms. The number of halogens is 2. The van der Waals surface area contributed by atoms with E-state index in [-0.39, 0.29) is 11.9 Å². The van der Waals surface area contributed by atoms with Crippen molar-refractivity contribution >= 4 is 22.4 Å². The van der Waals surface area contributed by atoms with Gasteiger partial charge in [-0.25, -0.2) is 19.2 Å². The van der Waals surface area contributed by atoms with Crippen LogP contribution in [0.2, 0.25) is 0 Å². The number of carbonyl (C=O) groups excluding carboxylic acids is 1. The maximum atomic E-state index is 13.7. The Labute approximate surface area is 148 Å². The molecule has 2 unspecified atom stereocenters. The smallest absolute Gasteiger partial charge is 0.244 e. The second-order valence-electron chi connectivity index (χ2n) is 6.10. The Morgan fingerprint density at radius 1 is 1.40 bits per heavy atom. The van der Waals surface area contributed by atoms with Crippen molar-refractivity contribution < 1.29 is 13.6 Å². The van der Waals surface area contributed by atoms with E-state index >= 15 is 0 Å². The second kappa shape index (κ2) is 7.99. The maximum absolute atomic E-state index is 13.7. The molecule has 1 aromatic carbocycles. The fourth-order valence-electron chi connectivity index (χ4n) is 2.82. The molecule has 2 heterocycles. The van der Waals surface area contributed by atoms with Crippen LogP contribution in [-0.2, 0) is 11.2 Å². The van der Waals surface area contributed by atoms with E-state index in [0.29, 0.717) is 23.2 Å². The lowest BCUT2D eigenvalue weighted by Gasteiger charge is -2.08. The Bertz CT molecular complexity index is 752. The van der Waals surface area contributed by atoms with E-state index in [2.05, 4.69) is 28.1 Å².